The number of carbonyl (C=O) groups is 2. The molecule has 1 aliphatic carbocycles. The van der Waals surface area contributed by atoms with Gasteiger partial charge < -0.3 is 9.64 Å². The molecule has 122 valence electrons. The van der Waals surface area contributed by atoms with Crippen LogP contribution < -0.4 is 0 Å². The highest BCUT2D eigenvalue weighted by Gasteiger charge is 2.24. The molecule has 0 fully saturated rings. The third kappa shape index (κ3) is 4.09. The molecule has 5 heteroatoms. The zero-order valence-electron chi connectivity index (χ0n) is 13.7. The van der Waals surface area contributed by atoms with Crippen LogP contribution in [0, 0.1) is 0 Å². The lowest BCUT2D eigenvalue weighted by Crippen LogP contribution is -2.40. The van der Waals surface area contributed by atoms with Crippen LogP contribution in [0.2, 0.25) is 0 Å². The largest absolute Gasteiger partial charge is 0.468 e. The third-order valence-electron chi connectivity index (χ3n) is 4.12. The Balaban J connectivity index is 2.19. The lowest BCUT2D eigenvalue weighted by atomic mass is 10.00. The second kappa shape index (κ2) is 7.77. The van der Waals surface area contributed by atoms with Gasteiger partial charge in [-0.05, 0) is 51.2 Å². The molecule has 0 aliphatic heterocycles. The van der Waals surface area contributed by atoms with Gasteiger partial charge in [0.25, 0.3) is 5.91 Å². The molecule has 1 aromatic heterocycles. The summed E-state index contributed by atoms with van der Waals surface area (Å²) in [4.78, 5) is 28.0. The molecule has 1 aromatic rings. The van der Waals surface area contributed by atoms with Crippen LogP contribution in [0.4, 0.5) is 0 Å². The number of fused-ring (bicyclic) bond motifs is 1. The van der Waals surface area contributed by atoms with Gasteiger partial charge in [-0.15, -0.1) is 11.3 Å². The van der Waals surface area contributed by atoms with E-state index in [2.05, 4.69) is 0 Å². The minimum absolute atomic E-state index is 0.00949. The van der Waals surface area contributed by atoms with Gasteiger partial charge in [0.05, 0.1) is 12.0 Å². The van der Waals surface area contributed by atoms with Gasteiger partial charge in [-0.1, -0.05) is 12.8 Å². The van der Waals surface area contributed by atoms with Crippen molar-refractivity contribution in [1.29, 1.82) is 0 Å². The summed E-state index contributed by atoms with van der Waals surface area (Å²) in [6.45, 7) is 3.85. The van der Waals surface area contributed by atoms with Crippen LogP contribution in [0.1, 0.15) is 59.6 Å². The summed E-state index contributed by atoms with van der Waals surface area (Å²) in [5.41, 5.74) is 1.33. The average molecular weight is 323 g/mol. The molecule has 4 nitrogen and oxygen atoms in total. The maximum atomic E-state index is 12.8. The van der Waals surface area contributed by atoms with Crippen LogP contribution in [0.3, 0.4) is 0 Å². The van der Waals surface area contributed by atoms with Crippen LogP contribution in [0.25, 0.3) is 0 Å². The first-order chi connectivity index (χ1) is 10.5. The van der Waals surface area contributed by atoms with E-state index in [0.717, 1.165) is 17.7 Å². The smallest absolute Gasteiger partial charge is 0.325 e. The molecule has 2 rings (SSSR count). The summed E-state index contributed by atoms with van der Waals surface area (Å²) in [5.74, 6) is -0.436. The number of amides is 1. The highest BCUT2D eigenvalue weighted by molar-refractivity contribution is 7.14. The monoisotopic (exact) mass is 323 g/mol. The van der Waals surface area contributed by atoms with E-state index in [1.54, 1.807) is 16.2 Å². The Morgan fingerprint density at radius 2 is 1.91 bits per heavy atom. The fourth-order valence-electron chi connectivity index (χ4n) is 2.78. The van der Waals surface area contributed by atoms with Crippen LogP contribution in [0.5, 0.6) is 0 Å². The van der Waals surface area contributed by atoms with Crippen molar-refractivity contribution in [3.8, 4) is 0 Å². The van der Waals surface area contributed by atoms with Gasteiger partial charge in [0, 0.05) is 10.9 Å². The topological polar surface area (TPSA) is 46.6 Å². The molecule has 1 aliphatic rings. The van der Waals surface area contributed by atoms with E-state index in [9.17, 15) is 9.59 Å². The fraction of sp³-hybridized carbons (Fsp3) is 0.647. The van der Waals surface area contributed by atoms with Crippen LogP contribution in [-0.4, -0.2) is 36.5 Å². The van der Waals surface area contributed by atoms with E-state index in [0.29, 0.717) is 0 Å². The number of nitrogens with zero attached hydrogens (tertiary/aromatic N) is 1. The molecule has 0 unspecified atom stereocenters. The number of methoxy groups -OCH3 is 1. The Morgan fingerprint density at radius 3 is 2.55 bits per heavy atom. The molecule has 0 N–H and O–H groups in total. The summed E-state index contributed by atoms with van der Waals surface area (Å²) in [6, 6.07) is 2.01. The molecular weight excluding hydrogens is 298 g/mol. The summed E-state index contributed by atoms with van der Waals surface area (Å²) < 4.78 is 4.70. The van der Waals surface area contributed by atoms with Gasteiger partial charge in [0.2, 0.25) is 0 Å². The normalized spacial score (nSPS) is 14.9. The number of thiophene rings is 1. The summed E-state index contributed by atoms with van der Waals surface area (Å²) in [5, 5.41) is 0. The number of ether oxygens (including phenoxy) is 1. The molecule has 0 aromatic carbocycles. The van der Waals surface area contributed by atoms with Crippen molar-refractivity contribution in [1.82, 2.24) is 4.90 Å². The van der Waals surface area contributed by atoms with Crippen molar-refractivity contribution in [3.05, 3.63) is 21.4 Å². The molecule has 22 heavy (non-hydrogen) atoms. The Morgan fingerprint density at radius 1 is 1.23 bits per heavy atom. The van der Waals surface area contributed by atoms with E-state index in [1.807, 2.05) is 19.9 Å². The molecule has 0 saturated heterocycles. The second-order valence-corrected chi connectivity index (χ2v) is 7.21. The number of rotatable bonds is 4. The molecule has 0 radical (unpaired) electrons. The van der Waals surface area contributed by atoms with Gasteiger partial charge in [0.15, 0.2) is 0 Å². The van der Waals surface area contributed by atoms with Crippen molar-refractivity contribution in [2.75, 3.05) is 13.7 Å². The summed E-state index contributed by atoms with van der Waals surface area (Å²) in [7, 11) is 1.35. The average Bonchev–Trinajstić information content (AvgIpc) is 2.85. The van der Waals surface area contributed by atoms with Gasteiger partial charge in [0.1, 0.15) is 6.54 Å². The van der Waals surface area contributed by atoms with Gasteiger partial charge in [-0.2, -0.15) is 0 Å². The van der Waals surface area contributed by atoms with E-state index >= 15 is 0 Å². The lowest BCUT2D eigenvalue weighted by Gasteiger charge is -2.24. The SMILES string of the molecule is COC(=O)CN(C(=O)c1cc2c(s1)CCCCCC2)C(C)C. The maximum absolute atomic E-state index is 12.8. The standard InChI is InChI=1S/C17H25NO3S/c1-12(2)18(11-16(19)21-3)17(20)15-10-13-8-6-4-5-7-9-14(13)22-15/h10,12H,4-9,11H2,1-3H3. The number of esters is 1. The predicted molar refractivity (Wildman–Crippen MR) is 88.4 cm³/mol. The van der Waals surface area contributed by atoms with E-state index in [4.69, 9.17) is 4.74 Å². The zero-order valence-corrected chi connectivity index (χ0v) is 14.5. The van der Waals surface area contributed by atoms with Gasteiger partial charge >= 0.3 is 5.97 Å². The predicted octanol–water partition coefficient (Wildman–Crippen LogP) is 3.43. The van der Waals surface area contributed by atoms with Crippen molar-refractivity contribution in [3.63, 3.8) is 0 Å². The molecule has 1 heterocycles. The van der Waals surface area contributed by atoms with Crippen LogP contribution >= 0.6 is 11.3 Å². The van der Waals surface area contributed by atoms with Gasteiger partial charge in [-0.3, -0.25) is 9.59 Å². The molecule has 1 amide bonds. The maximum Gasteiger partial charge on any atom is 0.325 e. The van der Waals surface area contributed by atoms with Crippen molar-refractivity contribution >= 4 is 23.2 Å². The molecule has 0 bridgehead atoms. The van der Waals surface area contributed by atoms with Crippen molar-refractivity contribution in [2.45, 2.75) is 58.4 Å². The first kappa shape index (κ1) is 17.0. The molecular formula is C17H25NO3S. The fourth-order valence-corrected chi connectivity index (χ4v) is 3.99. The number of hydrogen-bond donors (Lipinski definition) is 0. The van der Waals surface area contributed by atoms with Crippen molar-refractivity contribution in [2.24, 2.45) is 0 Å². The summed E-state index contributed by atoms with van der Waals surface area (Å²) >= 11 is 1.60. The first-order valence-electron chi connectivity index (χ1n) is 8.02. The zero-order chi connectivity index (χ0) is 16.1. The van der Waals surface area contributed by atoms with E-state index < -0.39 is 0 Å². The number of hydrogen-bond acceptors (Lipinski definition) is 4. The summed E-state index contributed by atoms with van der Waals surface area (Å²) in [6.07, 6.45) is 7.11. The van der Waals surface area contributed by atoms with E-state index in [-0.39, 0.29) is 24.5 Å². The van der Waals surface area contributed by atoms with Crippen LogP contribution in [-0.2, 0) is 22.4 Å². The quantitative estimate of drug-likeness (QED) is 0.798. The second-order valence-electron chi connectivity index (χ2n) is 6.08. The molecule has 0 saturated carbocycles. The Hall–Kier alpha value is -1.36. The van der Waals surface area contributed by atoms with E-state index in [1.165, 1.54) is 43.2 Å². The highest BCUT2D eigenvalue weighted by atomic mass is 32.1. The highest BCUT2D eigenvalue weighted by Crippen LogP contribution is 2.29. The minimum Gasteiger partial charge on any atom is -0.468 e. The van der Waals surface area contributed by atoms with Crippen LogP contribution in [0.15, 0.2) is 6.07 Å². The minimum atomic E-state index is -0.378. The Labute approximate surface area is 136 Å². The lowest BCUT2D eigenvalue weighted by molar-refractivity contribution is -0.141. The van der Waals surface area contributed by atoms with Crippen molar-refractivity contribution < 1.29 is 14.3 Å². The Bertz CT molecular complexity index is 511. The van der Waals surface area contributed by atoms with Gasteiger partial charge in [-0.25, -0.2) is 0 Å². The Kier molecular flexibility index (Phi) is 6.00. The number of carbonyl (C=O) groups excluding carboxylic acids is 2. The first-order valence-corrected chi connectivity index (χ1v) is 8.84. The molecule has 0 atom stereocenters. The number of aryl methyl sites for hydroxylation is 2. The molecule has 0 spiro atoms. The third-order valence-corrected chi connectivity index (χ3v) is 5.34.